The molecule has 2 rings (SSSR count). The predicted octanol–water partition coefficient (Wildman–Crippen LogP) is 2.29. The summed E-state index contributed by atoms with van der Waals surface area (Å²) in [5.41, 5.74) is 5.49. The first-order valence-corrected chi connectivity index (χ1v) is 6.73. The molecular formula is C14H22N2O2. The van der Waals surface area contributed by atoms with Gasteiger partial charge >= 0.3 is 0 Å². The Morgan fingerprint density at radius 2 is 2.17 bits per heavy atom. The maximum atomic E-state index is 12.6. The van der Waals surface area contributed by atoms with Gasteiger partial charge < -0.3 is 15.1 Å². The van der Waals surface area contributed by atoms with E-state index >= 15 is 0 Å². The zero-order valence-electron chi connectivity index (χ0n) is 11.2. The van der Waals surface area contributed by atoms with E-state index in [1.807, 2.05) is 30.9 Å². The second kappa shape index (κ2) is 5.14. The fourth-order valence-corrected chi connectivity index (χ4v) is 2.16. The second-order valence-corrected chi connectivity index (χ2v) is 5.11. The molecule has 4 nitrogen and oxygen atoms in total. The minimum absolute atomic E-state index is 0.0615. The largest absolute Gasteiger partial charge is 0.467 e. The van der Waals surface area contributed by atoms with Gasteiger partial charge in [0.15, 0.2) is 0 Å². The highest BCUT2D eigenvalue weighted by molar-refractivity contribution is 5.86. The molecule has 1 amide bonds. The third-order valence-electron chi connectivity index (χ3n) is 3.84. The number of carbonyl (C=O) groups is 1. The van der Waals surface area contributed by atoms with E-state index in [9.17, 15) is 4.79 Å². The first-order chi connectivity index (χ1) is 8.60. The molecule has 0 atom stereocenters. The summed E-state index contributed by atoms with van der Waals surface area (Å²) in [5, 5.41) is 0. The maximum Gasteiger partial charge on any atom is 0.243 e. The molecular weight excluding hydrogens is 228 g/mol. The topological polar surface area (TPSA) is 59.5 Å². The van der Waals surface area contributed by atoms with Crippen molar-refractivity contribution in [1.29, 1.82) is 0 Å². The molecule has 1 heterocycles. The van der Waals surface area contributed by atoms with Crippen LogP contribution in [0.15, 0.2) is 22.8 Å². The van der Waals surface area contributed by atoms with Crippen LogP contribution in [-0.2, 0) is 11.3 Å². The van der Waals surface area contributed by atoms with Crippen molar-refractivity contribution in [2.24, 2.45) is 5.73 Å². The minimum Gasteiger partial charge on any atom is -0.467 e. The van der Waals surface area contributed by atoms with Crippen molar-refractivity contribution in [2.75, 3.05) is 0 Å². The minimum atomic E-state index is -0.727. The number of hydrogen-bond donors (Lipinski definition) is 1. The Labute approximate surface area is 108 Å². The average Bonchev–Trinajstić information content (AvgIpc) is 3.11. The molecule has 1 aliphatic rings. The number of rotatable bonds is 6. The summed E-state index contributed by atoms with van der Waals surface area (Å²) < 4.78 is 5.34. The van der Waals surface area contributed by atoms with E-state index in [2.05, 4.69) is 0 Å². The molecule has 18 heavy (non-hydrogen) atoms. The Morgan fingerprint density at radius 1 is 1.50 bits per heavy atom. The highest BCUT2D eigenvalue weighted by Gasteiger charge is 2.41. The van der Waals surface area contributed by atoms with Crippen LogP contribution in [0, 0.1) is 0 Å². The van der Waals surface area contributed by atoms with Gasteiger partial charge in [0.2, 0.25) is 5.91 Å². The normalized spacial score (nSPS) is 15.7. The van der Waals surface area contributed by atoms with Crippen molar-refractivity contribution in [2.45, 2.75) is 57.7 Å². The monoisotopic (exact) mass is 250 g/mol. The number of amides is 1. The first-order valence-electron chi connectivity index (χ1n) is 6.73. The molecule has 1 aromatic heterocycles. The lowest BCUT2D eigenvalue weighted by molar-refractivity contribution is -0.138. The fourth-order valence-electron chi connectivity index (χ4n) is 2.16. The summed E-state index contributed by atoms with van der Waals surface area (Å²) in [5.74, 6) is 0.885. The quantitative estimate of drug-likeness (QED) is 0.842. The van der Waals surface area contributed by atoms with E-state index in [1.54, 1.807) is 6.26 Å². The second-order valence-electron chi connectivity index (χ2n) is 5.11. The molecule has 0 bridgehead atoms. The van der Waals surface area contributed by atoms with E-state index < -0.39 is 5.54 Å². The standard InChI is InChI=1S/C14H22N2O2/c1-3-14(15,4-2)13(17)16(11-7-8-11)10-12-6-5-9-18-12/h5-6,9,11H,3-4,7-8,10,15H2,1-2H3. The SMILES string of the molecule is CCC(N)(CC)C(=O)N(Cc1ccco1)C1CC1. The summed E-state index contributed by atoms with van der Waals surface area (Å²) in [7, 11) is 0. The highest BCUT2D eigenvalue weighted by atomic mass is 16.3. The van der Waals surface area contributed by atoms with Crippen molar-refractivity contribution in [3.8, 4) is 0 Å². The van der Waals surface area contributed by atoms with Crippen molar-refractivity contribution < 1.29 is 9.21 Å². The zero-order valence-corrected chi connectivity index (χ0v) is 11.2. The lowest BCUT2D eigenvalue weighted by atomic mass is 9.92. The van der Waals surface area contributed by atoms with Crippen molar-refractivity contribution >= 4 is 5.91 Å². The molecule has 4 heteroatoms. The maximum absolute atomic E-state index is 12.6. The van der Waals surface area contributed by atoms with Crippen molar-refractivity contribution in [3.63, 3.8) is 0 Å². The van der Waals surface area contributed by atoms with Gasteiger partial charge in [-0.1, -0.05) is 13.8 Å². The van der Waals surface area contributed by atoms with Gasteiger partial charge in [0.05, 0.1) is 18.3 Å². The highest BCUT2D eigenvalue weighted by Crippen LogP contribution is 2.31. The molecule has 0 spiro atoms. The van der Waals surface area contributed by atoms with Gasteiger partial charge in [0.1, 0.15) is 5.76 Å². The summed E-state index contributed by atoms with van der Waals surface area (Å²) in [6.07, 6.45) is 5.14. The van der Waals surface area contributed by atoms with Crippen LogP contribution in [0.2, 0.25) is 0 Å². The van der Waals surface area contributed by atoms with E-state index in [0.29, 0.717) is 25.4 Å². The van der Waals surface area contributed by atoms with Crippen LogP contribution >= 0.6 is 0 Å². The van der Waals surface area contributed by atoms with Gasteiger partial charge in [-0.2, -0.15) is 0 Å². The Morgan fingerprint density at radius 3 is 2.61 bits per heavy atom. The molecule has 1 saturated carbocycles. The third kappa shape index (κ3) is 2.58. The summed E-state index contributed by atoms with van der Waals surface area (Å²) >= 11 is 0. The Bertz CT molecular complexity index is 392. The number of nitrogens with two attached hydrogens (primary N) is 1. The van der Waals surface area contributed by atoms with Crippen molar-refractivity contribution in [3.05, 3.63) is 24.2 Å². The number of hydrogen-bond acceptors (Lipinski definition) is 3. The number of furan rings is 1. The Kier molecular flexibility index (Phi) is 3.76. The smallest absolute Gasteiger partial charge is 0.243 e. The molecule has 100 valence electrons. The van der Waals surface area contributed by atoms with Gasteiger partial charge in [-0.25, -0.2) is 0 Å². The van der Waals surface area contributed by atoms with Gasteiger partial charge in [-0.3, -0.25) is 4.79 Å². The number of nitrogens with zero attached hydrogens (tertiary/aromatic N) is 1. The molecule has 1 fully saturated rings. The predicted molar refractivity (Wildman–Crippen MR) is 69.8 cm³/mol. The average molecular weight is 250 g/mol. The van der Waals surface area contributed by atoms with Crippen LogP contribution in [0.1, 0.15) is 45.3 Å². The van der Waals surface area contributed by atoms with E-state index in [0.717, 1.165) is 18.6 Å². The molecule has 0 aromatic carbocycles. The van der Waals surface area contributed by atoms with Crippen LogP contribution in [0.4, 0.5) is 0 Å². The molecule has 0 radical (unpaired) electrons. The van der Waals surface area contributed by atoms with Crippen LogP contribution in [0.3, 0.4) is 0 Å². The van der Waals surface area contributed by atoms with Gasteiger partial charge in [0, 0.05) is 6.04 Å². The lowest BCUT2D eigenvalue weighted by Gasteiger charge is -2.32. The summed E-state index contributed by atoms with van der Waals surface area (Å²) in [6, 6.07) is 4.10. The zero-order chi connectivity index (χ0) is 13.2. The molecule has 0 unspecified atom stereocenters. The van der Waals surface area contributed by atoms with Crippen LogP contribution in [-0.4, -0.2) is 22.4 Å². The van der Waals surface area contributed by atoms with E-state index in [-0.39, 0.29) is 5.91 Å². The molecule has 1 aliphatic carbocycles. The molecule has 0 aliphatic heterocycles. The van der Waals surface area contributed by atoms with Crippen LogP contribution in [0.25, 0.3) is 0 Å². The fraction of sp³-hybridized carbons (Fsp3) is 0.643. The Hall–Kier alpha value is -1.29. The lowest BCUT2D eigenvalue weighted by Crippen LogP contribution is -2.55. The summed E-state index contributed by atoms with van der Waals surface area (Å²) in [4.78, 5) is 14.5. The van der Waals surface area contributed by atoms with Crippen molar-refractivity contribution in [1.82, 2.24) is 4.90 Å². The first kappa shape index (κ1) is 13.1. The van der Waals surface area contributed by atoms with Crippen LogP contribution < -0.4 is 5.73 Å². The van der Waals surface area contributed by atoms with E-state index in [4.69, 9.17) is 10.2 Å². The summed E-state index contributed by atoms with van der Waals surface area (Å²) in [6.45, 7) is 4.48. The van der Waals surface area contributed by atoms with E-state index in [1.165, 1.54) is 0 Å². The van der Waals surface area contributed by atoms with Crippen LogP contribution in [0.5, 0.6) is 0 Å². The third-order valence-corrected chi connectivity index (χ3v) is 3.84. The van der Waals surface area contributed by atoms with Gasteiger partial charge in [-0.05, 0) is 37.8 Å². The van der Waals surface area contributed by atoms with Gasteiger partial charge in [0.25, 0.3) is 0 Å². The molecule has 1 aromatic rings. The molecule has 0 saturated heterocycles. The number of carbonyl (C=O) groups excluding carboxylic acids is 1. The Balaban J connectivity index is 2.12. The molecule has 2 N–H and O–H groups in total. The van der Waals surface area contributed by atoms with Gasteiger partial charge in [-0.15, -0.1) is 0 Å².